The summed E-state index contributed by atoms with van der Waals surface area (Å²) in [5.74, 6) is -0.160. The zero-order valence-electron chi connectivity index (χ0n) is 22.9. The highest BCUT2D eigenvalue weighted by Gasteiger charge is 2.50. The van der Waals surface area contributed by atoms with E-state index in [2.05, 4.69) is 16.9 Å². The lowest BCUT2D eigenvalue weighted by atomic mass is 9.96. The third-order valence-electron chi connectivity index (χ3n) is 8.50. The Morgan fingerprint density at radius 1 is 1.15 bits per heavy atom. The highest BCUT2D eigenvalue weighted by molar-refractivity contribution is 6.37. The summed E-state index contributed by atoms with van der Waals surface area (Å²) in [5, 5.41) is 5.77. The predicted molar refractivity (Wildman–Crippen MR) is 154 cm³/mol. The van der Waals surface area contributed by atoms with Gasteiger partial charge in [-0.2, -0.15) is 5.10 Å². The SMILES string of the molecule is CC(C)COC(=O)c1ccc(N2[C@H]3C[C@@H]([C@H]2C)[C@H](OCc2c(C4CC4)cnn2-c2c(Cl)cccc2Cl)C3)cc1F. The number of anilines is 1. The minimum absolute atomic E-state index is 0.0238. The molecule has 2 aromatic carbocycles. The molecular formula is C31H34Cl2FN3O3. The standard InChI is InChI=1S/C31H34Cl2FN3O3/c1-17(2)15-40-31(38)22-10-9-20(12-27(22)34)36-18(3)23-11-21(36)13-29(23)39-16-28-24(19-7-8-19)14-35-37(28)30-25(32)5-4-6-26(30)33/h4-6,9-10,12,14,17-19,21,23,29H,7-8,11,13,15-16H2,1-3H3/t18-,21+,23+,29-/m1/s1. The fourth-order valence-electron chi connectivity index (χ4n) is 6.40. The molecule has 1 saturated heterocycles. The number of carbonyl (C=O) groups is 1. The predicted octanol–water partition coefficient (Wildman–Crippen LogP) is 7.58. The molecule has 1 aromatic heterocycles. The summed E-state index contributed by atoms with van der Waals surface area (Å²) in [6.07, 6.45) is 6.16. The summed E-state index contributed by atoms with van der Waals surface area (Å²) >= 11 is 13.1. The van der Waals surface area contributed by atoms with Crippen molar-refractivity contribution in [1.29, 1.82) is 0 Å². The Bertz CT molecular complexity index is 1400. The summed E-state index contributed by atoms with van der Waals surface area (Å²) < 4.78 is 28.6. The molecule has 3 fully saturated rings. The Kier molecular flexibility index (Phi) is 7.57. The lowest BCUT2D eigenvalue weighted by Crippen LogP contribution is -2.45. The number of hydrogen-bond acceptors (Lipinski definition) is 5. The van der Waals surface area contributed by atoms with E-state index in [1.807, 2.05) is 49.0 Å². The number of benzene rings is 2. The van der Waals surface area contributed by atoms with Crippen LogP contribution in [0.2, 0.25) is 10.0 Å². The molecule has 0 N–H and O–H groups in total. The first-order valence-corrected chi connectivity index (χ1v) is 14.9. The third-order valence-corrected chi connectivity index (χ3v) is 9.11. The van der Waals surface area contributed by atoms with Gasteiger partial charge in [-0.15, -0.1) is 0 Å². The smallest absolute Gasteiger partial charge is 0.341 e. The average Bonchev–Trinajstić information content (AvgIpc) is 3.42. The quantitative estimate of drug-likeness (QED) is 0.242. The van der Waals surface area contributed by atoms with E-state index >= 15 is 0 Å². The largest absolute Gasteiger partial charge is 0.462 e. The second kappa shape index (κ2) is 11.0. The van der Waals surface area contributed by atoms with E-state index in [-0.39, 0.29) is 36.3 Å². The van der Waals surface area contributed by atoms with Crippen LogP contribution in [0.1, 0.15) is 74.0 Å². The van der Waals surface area contributed by atoms with Gasteiger partial charge in [0.2, 0.25) is 0 Å². The first kappa shape index (κ1) is 27.6. The molecule has 9 heteroatoms. The molecule has 6 nitrogen and oxygen atoms in total. The summed E-state index contributed by atoms with van der Waals surface area (Å²) in [5.41, 5.74) is 3.66. The van der Waals surface area contributed by atoms with Crippen LogP contribution in [0.4, 0.5) is 10.1 Å². The van der Waals surface area contributed by atoms with Crippen molar-refractivity contribution in [2.24, 2.45) is 11.8 Å². The number of nitrogens with zero attached hydrogens (tertiary/aromatic N) is 3. The van der Waals surface area contributed by atoms with E-state index in [1.54, 1.807) is 6.07 Å². The van der Waals surface area contributed by atoms with E-state index in [1.165, 1.54) is 11.6 Å². The lowest BCUT2D eigenvalue weighted by Gasteiger charge is -2.39. The van der Waals surface area contributed by atoms with Crippen molar-refractivity contribution in [3.63, 3.8) is 0 Å². The molecule has 2 aliphatic carbocycles. The number of carbonyl (C=O) groups excluding carboxylic acids is 1. The summed E-state index contributed by atoms with van der Waals surface area (Å²) in [7, 11) is 0. The van der Waals surface area contributed by atoms with Crippen LogP contribution in [0.25, 0.3) is 5.69 Å². The number of aromatic nitrogens is 2. The Hall–Kier alpha value is -2.61. The topological polar surface area (TPSA) is 56.6 Å². The van der Waals surface area contributed by atoms with Crippen LogP contribution in [-0.4, -0.2) is 40.5 Å². The number of ether oxygens (including phenoxy) is 2. The number of rotatable bonds is 9. The van der Waals surface area contributed by atoms with E-state index < -0.39 is 11.8 Å². The normalized spacial score (nSPS) is 23.8. The maximum atomic E-state index is 15.0. The zero-order chi connectivity index (χ0) is 28.1. The van der Waals surface area contributed by atoms with Crippen molar-refractivity contribution < 1.29 is 18.7 Å². The maximum absolute atomic E-state index is 15.0. The molecule has 212 valence electrons. The highest BCUT2D eigenvalue weighted by atomic mass is 35.5. The minimum Gasteiger partial charge on any atom is -0.462 e. The van der Waals surface area contributed by atoms with Crippen molar-refractivity contribution in [3.05, 3.63) is 75.3 Å². The van der Waals surface area contributed by atoms with Gasteiger partial charge < -0.3 is 14.4 Å². The second-order valence-corrected chi connectivity index (χ2v) is 12.6. The van der Waals surface area contributed by atoms with E-state index in [0.29, 0.717) is 34.2 Å². The minimum atomic E-state index is -0.620. The maximum Gasteiger partial charge on any atom is 0.341 e. The molecule has 2 heterocycles. The molecule has 0 spiro atoms. The number of para-hydroxylation sites is 1. The van der Waals surface area contributed by atoms with Gasteiger partial charge in [-0.05, 0) is 80.3 Å². The fraction of sp³-hybridized carbons (Fsp3) is 0.484. The van der Waals surface area contributed by atoms with Gasteiger partial charge >= 0.3 is 5.97 Å². The van der Waals surface area contributed by atoms with Crippen LogP contribution in [0.3, 0.4) is 0 Å². The van der Waals surface area contributed by atoms with Gasteiger partial charge in [0.1, 0.15) is 11.5 Å². The van der Waals surface area contributed by atoms with E-state index in [9.17, 15) is 9.18 Å². The average molecular weight is 587 g/mol. The molecule has 0 radical (unpaired) electrons. The lowest BCUT2D eigenvalue weighted by molar-refractivity contribution is 0.00148. The van der Waals surface area contributed by atoms with Crippen molar-refractivity contribution in [1.82, 2.24) is 9.78 Å². The third kappa shape index (κ3) is 5.12. The Balaban J connectivity index is 1.16. The molecule has 3 aliphatic rings. The number of halogens is 3. The molecule has 0 amide bonds. The van der Waals surface area contributed by atoms with Gasteiger partial charge in [-0.3, -0.25) is 0 Å². The molecule has 6 rings (SSSR count). The molecule has 2 bridgehead atoms. The van der Waals surface area contributed by atoms with Gasteiger partial charge in [0.15, 0.2) is 0 Å². The van der Waals surface area contributed by atoms with Crippen LogP contribution in [-0.2, 0) is 16.1 Å². The first-order valence-electron chi connectivity index (χ1n) is 14.1. The molecule has 0 unspecified atom stereocenters. The molecule has 1 aliphatic heterocycles. The highest BCUT2D eigenvalue weighted by Crippen LogP contribution is 2.47. The van der Waals surface area contributed by atoms with Gasteiger partial charge in [0.25, 0.3) is 0 Å². The summed E-state index contributed by atoms with van der Waals surface area (Å²) in [4.78, 5) is 14.6. The van der Waals surface area contributed by atoms with Crippen LogP contribution in [0.5, 0.6) is 0 Å². The van der Waals surface area contributed by atoms with Crippen LogP contribution in [0, 0.1) is 17.7 Å². The second-order valence-electron chi connectivity index (χ2n) is 11.7. The molecular weight excluding hydrogens is 552 g/mol. The Morgan fingerprint density at radius 2 is 1.90 bits per heavy atom. The number of hydrogen-bond donors (Lipinski definition) is 0. The monoisotopic (exact) mass is 585 g/mol. The van der Waals surface area contributed by atoms with Crippen LogP contribution >= 0.6 is 23.2 Å². The molecule has 3 aromatic rings. The fourth-order valence-corrected chi connectivity index (χ4v) is 6.96. The van der Waals surface area contributed by atoms with Crippen LogP contribution in [0.15, 0.2) is 42.6 Å². The van der Waals surface area contributed by atoms with Gasteiger partial charge in [0, 0.05) is 23.7 Å². The van der Waals surface area contributed by atoms with Gasteiger partial charge in [-0.1, -0.05) is 43.1 Å². The molecule has 2 saturated carbocycles. The summed E-state index contributed by atoms with van der Waals surface area (Å²) in [6.45, 7) is 6.76. The number of piperidine rings is 1. The molecule has 40 heavy (non-hydrogen) atoms. The van der Waals surface area contributed by atoms with E-state index in [0.717, 1.165) is 37.1 Å². The van der Waals surface area contributed by atoms with Crippen molar-refractivity contribution in [2.45, 2.75) is 77.2 Å². The zero-order valence-corrected chi connectivity index (χ0v) is 24.5. The van der Waals surface area contributed by atoms with Crippen molar-refractivity contribution in [3.8, 4) is 5.69 Å². The first-order chi connectivity index (χ1) is 19.2. The van der Waals surface area contributed by atoms with Gasteiger partial charge in [0.05, 0.1) is 46.8 Å². The number of esters is 1. The Labute approximate surface area is 244 Å². The molecule has 4 atom stereocenters. The van der Waals surface area contributed by atoms with Crippen LogP contribution < -0.4 is 4.90 Å². The van der Waals surface area contributed by atoms with Gasteiger partial charge in [-0.25, -0.2) is 13.9 Å². The van der Waals surface area contributed by atoms with Crippen molar-refractivity contribution >= 4 is 34.9 Å². The summed E-state index contributed by atoms with van der Waals surface area (Å²) in [6, 6.07) is 10.7. The van der Waals surface area contributed by atoms with E-state index in [4.69, 9.17) is 32.7 Å². The Morgan fingerprint density at radius 3 is 2.55 bits per heavy atom. The number of fused-ring (bicyclic) bond motifs is 2. The van der Waals surface area contributed by atoms with Crippen molar-refractivity contribution in [2.75, 3.05) is 11.5 Å².